The zero-order valence-corrected chi connectivity index (χ0v) is 10.9. The molecule has 4 nitrogen and oxygen atoms in total. The third-order valence-electron chi connectivity index (χ3n) is 2.72. The summed E-state index contributed by atoms with van der Waals surface area (Å²) in [6.45, 7) is 0. The van der Waals surface area contributed by atoms with Crippen LogP contribution in [-0.2, 0) is 4.74 Å². The van der Waals surface area contributed by atoms with Crippen molar-refractivity contribution in [2.45, 2.75) is 0 Å². The van der Waals surface area contributed by atoms with Crippen LogP contribution in [0, 0.1) is 17.5 Å². The first-order chi connectivity index (χ1) is 9.92. The van der Waals surface area contributed by atoms with Crippen molar-refractivity contribution in [3.05, 3.63) is 53.3 Å². The minimum absolute atomic E-state index is 0.000579. The second-order valence-corrected chi connectivity index (χ2v) is 4.17. The maximum absolute atomic E-state index is 13.6. The van der Waals surface area contributed by atoms with E-state index in [0.29, 0.717) is 12.1 Å². The van der Waals surface area contributed by atoms with Gasteiger partial charge in [-0.25, -0.2) is 18.0 Å². The molecule has 0 radical (unpaired) electrons. The molecule has 0 atom stereocenters. The Hall–Kier alpha value is -2.70. The Morgan fingerprint density at radius 1 is 1.14 bits per heavy atom. The lowest BCUT2D eigenvalue weighted by Crippen LogP contribution is -2.08. The molecule has 0 saturated carbocycles. The molecule has 0 amide bonds. The Labute approximate surface area is 118 Å². The summed E-state index contributed by atoms with van der Waals surface area (Å²) < 4.78 is 44.6. The molecule has 0 saturated heterocycles. The molecule has 0 aliphatic heterocycles. The number of methoxy groups -OCH3 is 1. The lowest BCUT2D eigenvalue weighted by atomic mass is 10.1. The van der Waals surface area contributed by atoms with Crippen LogP contribution in [0.4, 0.5) is 30.2 Å². The minimum Gasteiger partial charge on any atom is -0.465 e. The van der Waals surface area contributed by atoms with Gasteiger partial charge in [0.2, 0.25) is 0 Å². The molecule has 7 heteroatoms. The molecule has 0 aliphatic carbocycles. The smallest absolute Gasteiger partial charge is 0.340 e. The summed E-state index contributed by atoms with van der Waals surface area (Å²) in [5.74, 6) is -4.02. The number of rotatable bonds is 3. The van der Waals surface area contributed by atoms with Crippen molar-refractivity contribution in [3.63, 3.8) is 0 Å². The van der Waals surface area contributed by atoms with E-state index in [-0.39, 0.29) is 16.9 Å². The van der Waals surface area contributed by atoms with Crippen LogP contribution in [0.3, 0.4) is 0 Å². The highest BCUT2D eigenvalue weighted by Gasteiger charge is 2.17. The molecule has 0 spiro atoms. The first-order valence-electron chi connectivity index (χ1n) is 5.81. The van der Waals surface area contributed by atoms with Gasteiger partial charge in [0, 0.05) is 17.8 Å². The average Bonchev–Trinajstić information content (AvgIpc) is 2.43. The van der Waals surface area contributed by atoms with Crippen LogP contribution in [0.2, 0.25) is 0 Å². The Kier molecular flexibility index (Phi) is 4.02. The van der Waals surface area contributed by atoms with E-state index in [1.165, 1.54) is 18.2 Å². The third-order valence-corrected chi connectivity index (χ3v) is 2.72. The van der Waals surface area contributed by atoms with Crippen molar-refractivity contribution < 1.29 is 22.7 Å². The van der Waals surface area contributed by atoms with Gasteiger partial charge in [-0.15, -0.1) is 0 Å². The lowest BCUT2D eigenvalue weighted by Gasteiger charge is -2.13. The van der Waals surface area contributed by atoms with Gasteiger partial charge in [0.1, 0.15) is 11.5 Å². The quantitative estimate of drug-likeness (QED) is 0.674. The van der Waals surface area contributed by atoms with Crippen LogP contribution in [0.1, 0.15) is 10.4 Å². The molecule has 2 aromatic carbocycles. The summed E-state index contributed by atoms with van der Waals surface area (Å²) >= 11 is 0. The van der Waals surface area contributed by atoms with Gasteiger partial charge in [-0.2, -0.15) is 0 Å². The first kappa shape index (κ1) is 14.7. The number of ether oxygens (including phenoxy) is 1. The number of hydrogen-bond acceptors (Lipinski definition) is 4. The molecule has 2 aromatic rings. The van der Waals surface area contributed by atoms with Gasteiger partial charge < -0.3 is 15.8 Å². The molecule has 2 rings (SSSR count). The van der Waals surface area contributed by atoms with Crippen LogP contribution >= 0.6 is 0 Å². The second-order valence-electron chi connectivity index (χ2n) is 4.17. The predicted octanol–water partition coefficient (Wildman–Crippen LogP) is 3.22. The molecule has 0 fully saturated rings. The van der Waals surface area contributed by atoms with Crippen LogP contribution in [0.15, 0.2) is 30.3 Å². The van der Waals surface area contributed by atoms with E-state index >= 15 is 0 Å². The van der Waals surface area contributed by atoms with Gasteiger partial charge in [0.25, 0.3) is 0 Å². The molecular formula is C14H11F3N2O2. The summed E-state index contributed by atoms with van der Waals surface area (Å²) in [6, 6.07) is 5.16. The molecular weight excluding hydrogens is 285 g/mol. The van der Waals surface area contributed by atoms with Gasteiger partial charge in [-0.3, -0.25) is 0 Å². The Balaban J connectivity index is 2.47. The first-order valence-corrected chi connectivity index (χ1v) is 5.81. The van der Waals surface area contributed by atoms with Crippen molar-refractivity contribution in [2.24, 2.45) is 0 Å². The molecule has 110 valence electrons. The Bertz CT molecular complexity index is 682. The van der Waals surface area contributed by atoms with Crippen molar-refractivity contribution >= 4 is 23.0 Å². The largest absolute Gasteiger partial charge is 0.465 e. The maximum atomic E-state index is 13.6. The minimum atomic E-state index is -1.12. The number of carbonyl (C=O) groups is 1. The van der Waals surface area contributed by atoms with Crippen molar-refractivity contribution in [1.82, 2.24) is 0 Å². The average molecular weight is 296 g/mol. The summed E-state index contributed by atoms with van der Waals surface area (Å²) in [7, 11) is 1.16. The van der Waals surface area contributed by atoms with Gasteiger partial charge in [-0.1, -0.05) is 0 Å². The fourth-order valence-corrected chi connectivity index (χ4v) is 1.75. The van der Waals surface area contributed by atoms with Gasteiger partial charge in [0.15, 0.2) is 11.6 Å². The number of halogens is 3. The number of hydrogen-bond donors (Lipinski definition) is 2. The zero-order chi connectivity index (χ0) is 15.6. The van der Waals surface area contributed by atoms with Crippen LogP contribution in [-0.4, -0.2) is 13.1 Å². The second kappa shape index (κ2) is 5.74. The maximum Gasteiger partial charge on any atom is 0.340 e. The number of nitrogens with two attached hydrogens (primary N) is 1. The summed E-state index contributed by atoms with van der Waals surface area (Å²) in [5.41, 5.74) is 5.35. The highest BCUT2D eigenvalue weighted by Crippen LogP contribution is 2.28. The van der Waals surface area contributed by atoms with Crippen LogP contribution in [0.5, 0.6) is 0 Å². The fraction of sp³-hybridized carbons (Fsp3) is 0.0714. The highest BCUT2D eigenvalue weighted by molar-refractivity contribution is 5.97. The van der Waals surface area contributed by atoms with E-state index in [1.54, 1.807) is 0 Å². The number of anilines is 3. The molecule has 21 heavy (non-hydrogen) atoms. The monoisotopic (exact) mass is 296 g/mol. The molecule has 0 unspecified atom stereocenters. The Morgan fingerprint density at radius 3 is 2.33 bits per heavy atom. The number of nitrogens with one attached hydrogen (secondary N) is 1. The van der Waals surface area contributed by atoms with E-state index in [2.05, 4.69) is 10.1 Å². The lowest BCUT2D eigenvalue weighted by molar-refractivity contribution is 0.0602. The van der Waals surface area contributed by atoms with Gasteiger partial charge in [0.05, 0.1) is 18.4 Å². The fourth-order valence-electron chi connectivity index (χ4n) is 1.75. The zero-order valence-electron chi connectivity index (χ0n) is 10.9. The highest BCUT2D eigenvalue weighted by atomic mass is 19.1. The number of esters is 1. The Morgan fingerprint density at radius 2 is 1.76 bits per heavy atom. The topological polar surface area (TPSA) is 64.3 Å². The van der Waals surface area contributed by atoms with E-state index in [4.69, 9.17) is 5.73 Å². The molecule has 0 aliphatic rings. The molecule has 3 N–H and O–H groups in total. The summed E-state index contributed by atoms with van der Waals surface area (Å²) in [5, 5.41) is 2.41. The molecule has 0 aromatic heterocycles. The van der Waals surface area contributed by atoms with Gasteiger partial charge >= 0.3 is 5.97 Å². The predicted molar refractivity (Wildman–Crippen MR) is 71.8 cm³/mol. The van der Waals surface area contributed by atoms with Crippen LogP contribution in [0.25, 0.3) is 0 Å². The number of carbonyl (C=O) groups excluding carboxylic acids is 1. The SMILES string of the molecule is COC(=O)c1cc(N)ccc1Nc1c(F)cc(F)cc1F. The molecule has 0 heterocycles. The third kappa shape index (κ3) is 3.07. The summed E-state index contributed by atoms with van der Waals surface area (Å²) in [4.78, 5) is 11.6. The van der Waals surface area contributed by atoms with E-state index < -0.39 is 29.1 Å². The van der Waals surface area contributed by atoms with Crippen molar-refractivity contribution in [2.75, 3.05) is 18.2 Å². The van der Waals surface area contributed by atoms with Crippen molar-refractivity contribution in [3.8, 4) is 0 Å². The van der Waals surface area contributed by atoms with Crippen LogP contribution < -0.4 is 11.1 Å². The molecule has 0 bridgehead atoms. The van der Waals surface area contributed by atoms with Gasteiger partial charge in [-0.05, 0) is 18.2 Å². The number of nitrogen functional groups attached to an aromatic ring is 1. The number of benzene rings is 2. The normalized spacial score (nSPS) is 10.3. The van der Waals surface area contributed by atoms with E-state index in [9.17, 15) is 18.0 Å². The van der Waals surface area contributed by atoms with E-state index in [1.807, 2.05) is 0 Å². The summed E-state index contributed by atoms with van der Waals surface area (Å²) in [6.07, 6.45) is 0. The van der Waals surface area contributed by atoms with Crippen molar-refractivity contribution in [1.29, 1.82) is 0 Å². The standard InChI is InChI=1S/C14H11F3N2O2/c1-21-14(20)9-6-8(18)2-3-12(9)19-13-10(16)4-7(15)5-11(13)17/h2-6,19H,18H2,1H3. The van der Waals surface area contributed by atoms with E-state index in [0.717, 1.165) is 7.11 Å².